The van der Waals surface area contributed by atoms with Gasteiger partial charge in [-0.05, 0) is 44.1 Å². The number of aliphatic hydroxyl groups is 1. The van der Waals surface area contributed by atoms with Gasteiger partial charge in [0.2, 0.25) is 0 Å². The molecular weight excluding hydrogens is 236 g/mol. The SMILES string of the molecule is CCc1cc(CC(O)C2CCC(C)CC2)n(CC)n1. The Balaban J connectivity index is 1.98. The van der Waals surface area contributed by atoms with Gasteiger partial charge in [0, 0.05) is 18.7 Å². The summed E-state index contributed by atoms with van der Waals surface area (Å²) < 4.78 is 2.05. The number of aryl methyl sites for hydroxylation is 2. The second-order valence-corrected chi connectivity index (χ2v) is 6.09. The molecule has 1 aliphatic rings. The lowest BCUT2D eigenvalue weighted by atomic mass is 9.79. The van der Waals surface area contributed by atoms with Gasteiger partial charge in [-0.3, -0.25) is 4.68 Å². The van der Waals surface area contributed by atoms with Crippen LogP contribution in [0.5, 0.6) is 0 Å². The van der Waals surface area contributed by atoms with Gasteiger partial charge in [0.1, 0.15) is 0 Å². The maximum atomic E-state index is 10.5. The van der Waals surface area contributed by atoms with Crippen molar-refractivity contribution < 1.29 is 5.11 Å². The molecule has 108 valence electrons. The van der Waals surface area contributed by atoms with Gasteiger partial charge in [0.15, 0.2) is 0 Å². The topological polar surface area (TPSA) is 38.0 Å². The third-order valence-electron chi connectivity index (χ3n) is 4.60. The van der Waals surface area contributed by atoms with E-state index in [1.165, 1.54) is 31.4 Å². The largest absolute Gasteiger partial charge is 0.392 e. The third-order valence-corrected chi connectivity index (χ3v) is 4.60. The van der Waals surface area contributed by atoms with Crippen molar-refractivity contribution in [3.8, 4) is 0 Å². The van der Waals surface area contributed by atoms with Crippen LogP contribution in [0.3, 0.4) is 0 Å². The van der Waals surface area contributed by atoms with Gasteiger partial charge in [-0.25, -0.2) is 0 Å². The fraction of sp³-hybridized carbons (Fsp3) is 0.812. The van der Waals surface area contributed by atoms with E-state index in [1.807, 2.05) is 4.68 Å². The van der Waals surface area contributed by atoms with E-state index in [4.69, 9.17) is 0 Å². The maximum absolute atomic E-state index is 10.5. The number of rotatable bonds is 5. The second kappa shape index (κ2) is 6.56. The molecule has 3 heteroatoms. The monoisotopic (exact) mass is 264 g/mol. The number of hydrogen-bond acceptors (Lipinski definition) is 2. The molecule has 0 amide bonds. The fourth-order valence-corrected chi connectivity index (χ4v) is 3.18. The zero-order chi connectivity index (χ0) is 13.8. The molecule has 2 rings (SSSR count). The second-order valence-electron chi connectivity index (χ2n) is 6.09. The molecule has 1 aromatic heterocycles. The van der Waals surface area contributed by atoms with E-state index in [1.54, 1.807) is 0 Å². The molecular formula is C16H28N2O. The Hall–Kier alpha value is -0.830. The first kappa shape index (κ1) is 14.6. The molecule has 19 heavy (non-hydrogen) atoms. The van der Waals surface area contributed by atoms with E-state index in [2.05, 4.69) is 31.9 Å². The summed E-state index contributed by atoms with van der Waals surface area (Å²) in [5.74, 6) is 1.33. The van der Waals surface area contributed by atoms with Crippen molar-refractivity contribution in [2.75, 3.05) is 0 Å². The predicted molar refractivity (Wildman–Crippen MR) is 78.1 cm³/mol. The molecule has 1 N–H and O–H groups in total. The Morgan fingerprint density at radius 2 is 2.00 bits per heavy atom. The Bertz CT molecular complexity index is 391. The average molecular weight is 264 g/mol. The summed E-state index contributed by atoms with van der Waals surface area (Å²) >= 11 is 0. The van der Waals surface area contributed by atoms with Crippen molar-refractivity contribution >= 4 is 0 Å². The van der Waals surface area contributed by atoms with E-state index >= 15 is 0 Å². The molecule has 1 heterocycles. The van der Waals surface area contributed by atoms with Crippen LogP contribution in [-0.2, 0) is 19.4 Å². The highest BCUT2D eigenvalue weighted by atomic mass is 16.3. The van der Waals surface area contributed by atoms with Crippen LogP contribution < -0.4 is 0 Å². The van der Waals surface area contributed by atoms with E-state index in [0.29, 0.717) is 5.92 Å². The zero-order valence-corrected chi connectivity index (χ0v) is 12.6. The minimum Gasteiger partial charge on any atom is -0.392 e. The van der Waals surface area contributed by atoms with Gasteiger partial charge in [-0.15, -0.1) is 0 Å². The normalized spacial score (nSPS) is 25.5. The molecule has 0 radical (unpaired) electrons. The van der Waals surface area contributed by atoms with Gasteiger partial charge >= 0.3 is 0 Å². The summed E-state index contributed by atoms with van der Waals surface area (Å²) in [4.78, 5) is 0. The van der Waals surface area contributed by atoms with Crippen LogP contribution in [0.25, 0.3) is 0 Å². The molecule has 1 fully saturated rings. The van der Waals surface area contributed by atoms with Crippen LogP contribution in [0, 0.1) is 11.8 Å². The van der Waals surface area contributed by atoms with Gasteiger partial charge in [0.25, 0.3) is 0 Å². The molecule has 3 nitrogen and oxygen atoms in total. The molecule has 1 atom stereocenters. The maximum Gasteiger partial charge on any atom is 0.0624 e. The molecule has 1 aromatic rings. The van der Waals surface area contributed by atoms with Gasteiger partial charge in [-0.1, -0.05) is 26.7 Å². The molecule has 1 unspecified atom stereocenters. The minimum atomic E-state index is -0.195. The molecule has 0 spiro atoms. The van der Waals surface area contributed by atoms with Crippen LogP contribution >= 0.6 is 0 Å². The van der Waals surface area contributed by atoms with Crippen molar-refractivity contribution in [1.82, 2.24) is 9.78 Å². The van der Waals surface area contributed by atoms with Crippen LogP contribution in [0.4, 0.5) is 0 Å². The molecule has 1 aliphatic carbocycles. The summed E-state index contributed by atoms with van der Waals surface area (Å²) in [6, 6.07) is 2.16. The van der Waals surface area contributed by atoms with Crippen molar-refractivity contribution in [1.29, 1.82) is 0 Å². The highest BCUT2D eigenvalue weighted by molar-refractivity contribution is 5.11. The summed E-state index contributed by atoms with van der Waals surface area (Å²) in [5, 5.41) is 15.0. The van der Waals surface area contributed by atoms with Crippen molar-refractivity contribution in [2.45, 2.75) is 71.9 Å². The fourth-order valence-electron chi connectivity index (χ4n) is 3.18. The third kappa shape index (κ3) is 3.59. The van der Waals surface area contributed by atoms with Gasteiger partial charge in [0.05, 0.1) is 11.8 Å². The average Bonchev–Trinajstić information content (AvgIpc) is 2.81. The van der Waals surface area contributed by atoms with Gasteiger partial charge < -0.3 is 5.11 Å². The smallest absolute Gasteiger partial charge is 0.0624 e. The zero-order valence-electron chi connectivity index (χ0n) is 12.6. The number of aromatic nitrogens is 2. The minimum absolute atomic E-state index is 0.195. The van der Waals surface area contributed by atoms with Gasteiger partial charge in [-0.2, -0.15) is 5.10 Å². The number of nitrogens with zero attached hydrogens (tertiary/aromatic N) is 2. The number of hydrogen-bond donors (Lipinski definition) is 1. The standard InChI is InChI=1S/C16H28N2O/c1-4-14-10-15(18(5-2)17-14)11-16(19)13-8-6-12(3)7-9-13/h10,12-13,16,19H,4-9,11H2,1-3H3. The Morgan fingerprint density at radius 1 is 1.32 bits per heavy atom. The molecule has 0 bridgehead atoms. The molecule has 0 aliphatic heterocycles. The quantitative estimate of drug-likeness (QED) is 0.887. The first-order valence-electron chi connectivity index (χ1n) is 7.87. The van der Waals surface area contributed by atoms with Crippen LogP contribution in [0.1, 0.15) is 57.8 Å². The Morgan fingerprint density at radius 3 is 2.58 bits per heavy atom. The summed E-state index contributed by atoms with van der Waals surface area (Å²) in [5.41, 5.74) is 2.34. The van der Waals surface area contributed by atoms with Crippen molar-refractivity contribution in [3.05, 3.63) is 17.5 Å². The van der Waals surface area contributed by atoms with Crippen molar-refractivity contribution in [3.63, 3.8) is 0 Å². The highest BCUT2D eigenvalue weighted by Crippen LogP contribution is 2.31. The van der Waals surface area contributed by atoms with E-state index in [-0.39, 0.29) is 6.10 Å². The van der Waals surface area contributed by atoms with Crippen LogP contribution in [0.2, 0.25) is 0 Å². The first-order chi connectivity index (χ1) is 9.13. The lowest BCUT2D eigenvalue weighted by molar-refractivity contribution is 0.0744. The summed E-state index contributed by atoms with van der Waals surface area (Å²) in [6.45, 7) is 7.46. The lowest BCUT2D eigenvalue weighted by Crippen LogP contribution is -2.27. The molecule has 1 saturated carbocycles. The molecule has 0 saturated heterocycles. The predicted octanol–water partition coefficient (Wildman–Crippen LogP) is 3.20. The Labute approximate surface area is 117 Å². The van der Waals surface area contributed by atoms with E-state index < -0.39 is 0 Å². The van der Waals surface area contributed by atoms with E-state index in [9.17, 15) is 5.11 Å². The lowest BCUT2D eigenvalue weighted by Gasteiger charge is -2.29. The number of aliphatic hydroxyl groups excluding tert-OH is 1. The highest BCUT2D eigenvalue weighted by Gasteiger charge is 2.25. The summed E-state index contributed by atoms with van der Waals surface area (Å²) in [6.07, 6.45) is 6.45. The van der Waals surface area contributed by atoms with Crippen LogP contribution in [-0.4, -0.2) is 21.0 Å². The van der Waals surface area contributed by atoms with E-state index in [0.717, 1.165) is 31.0 Å². The van der Waals surface area contributed by atoms with Crippen LogP contribution in [0.15, 0.2) is 6.07 Å². The Kier molecular flexibility index (Phi) is 5.03. The molecule has 0 aromatic carbocycles. The first-order valence-corrected chi connectivity index (χ1v) is 7.87. The van der Waals surface area contributed by atoms with Crippen molar-refractivity contribution in [2.24, 2.45) is 11.8 Å². The summed E-state index contributed by atoms with van der Waals surface area (Å²) in [7, 11) is 0.